The lowest BCUT2D eigenvalue weighted by Gasteiger charge is -2.29. The molecule has 1 aliphatic carbocycles. The number of amides is 1. The third kappa shape index (κ3) is 5.03. The Bertz CT molecular complexity index is 1230. The number of primary amides is 1. The highest BCUT2D eigenvalue weighted by molar-refractivity contribution is 6.44. The lowest BCUT2D eigenvalue weighted by atomic mass is 9.85. The van der Waals surface area contributed by atoms with Gasteiger partial charge in [-0.05, 0) is 57.1 Å². The van der Waals surface area contributed by atoms with Gasteiger partial charge >= 0.3 is 0 Å². The third-order valence-corrected chi connectivity index (χ3v) is 7.95. The van der Waals surface area contributed by atoms with Crippen molar-refractivity contribution in [1.29, 1.82) is 0 Å². The number of hydrogen-bond acceptors (Lipinski definition) is 7. The molecule has 1 amide bonds. The number of imidazole rings is 1. The van der Waals surface area contributed by atoms with Crippen LogP contribution in [0.15, 0.2) is 18.3 Å². The molecule has 2 fully saturated rings. The predicted octanol–water partition coefficient (Wildman–Crippen LogP) is 4.99. The number of benzene rings is 1. The minimum atomic E-state index is -0.233. The maximum atomic E-state index is 11.7. The van der Waals surface area contributed by atoms with Crippen molar-refractivity contribution in [2.45, 2.75) is 57.5 Å². The van der Waals surface area contributed by atoms with Crippen LogP contribution in [0.5, 0.6) is 0 Å². The molecule has 2 aromatic heterocycles. The molecule has 0 spiro atoms. The zero-order valence-corrected chi connectivity index (χ0v) is 21.1. The van der Waals surface area contributed by atoms with Gasteiger partial charge in [-0.25, -0.2) is 9.97 Å². The van der Waals surface area contributed by atoms with Crippen LogP contribution in [0.3, 0.4) is 0 Å². The quantitative estimate of drug-likeness (QED) is 0.420. The first-order valence-electron chi connectivity index (χ1n) is 12.0. The van der Waals surface area contributed by atoms with Crippen molar-refractivity contribution in [3.63, 3.8) is 0 Å². The van der Waals surface area contributed by atoms with Gasteiger partial charge in [-0.1, -0.05) is 29.3 Å². The van der Waals surface area contributed by atoms with Gasteiger partial charge in [0.2, 0.25) is 17.8 Å². The Labute approximate surface area is 213 Å². The molecule has 4 N–H and O–H groups in total. The van der Waals surface area contributed by atoms with Crippen molar-refractivity contribution in [3.8, 4) is 0 Å². The van der Waals surface area contributed by atoms with Crippen molar-refractivity contribution < 1.29 is 9.53 Å². The van der Waals surface area contributed by atoms with Crippen LogP contribution in [-0.4, -0.2) is 44.7 Å². The van der Waals surface area contributed by atoms with Crippen LogP contribution in [0.25, 0.3) is 11.2 Å². The number of ether oxygens (including phenoxy) is 1. The second kappa shape index (κ2) is 10.2. The van der Waals surface area contributed by atoms with Crippen LogP contribution >= 0.6 is 23.2 Å². The summed E-state index contributed by atoms with van der Waals surface area (Å²) in [6.07, 6.45) is 6.62. The Morgan fingerprint density at radius 2 is 1.83 bits per heavy atom. The molecule has 1 aromatic carbocycles. The summed E-state index contributed by atoms with van der Waals surface area (Å²) in [5, 5.41) is 7.76. The lowest BCUT2D eigenvalue weighted by Crippen LogP contribution is -2.29. The van der Waals surface area contributed by atoms with Gasteiger partial charge in [0, 0.05) is 31.2 Å². The fraction of sp³-hybridized carbons (Fsp3) is 0.500. The maximum Gasteiger partial charge on any atom is 0.224 e. The van der Waals surface area contributed by atoms with Crippen LogP contribution in [0.1, 0.15) is 50.1 Å². The number of nitrogens with one attached hydrogen (secondary N) is 2. The van der Waals surface area contributed by atoms with E-state index in [0.29, 0.717) is 33.1 Å². The largest absolute Gasteiger partial charge is 0.381 e. The van der Waals surface area contributed by atoms with E-state index in [9.17, 15) is 4.79 Å². The van der Waals surface area contributed by atoms with Gasteiger partial charge in [0.05, 0.1) is 21.9 Å². The van der Waals surface area contributed by atoms with Crippen molar-refractivity contribution >= 4 is 57.9 Å². The molecule has 3 aromatic rings. The second-order valence-corrected chi connectivity index (χ2v) is 10.1. The van der Waals surface area contributed by atoms with Crippen molar-refractivity contribution in [2.24, 2.45) is 11.7 Å². The van der Waals surface area contributed by atoms with E-state index in [2.05, 4.69) is 20.2 Å². The van der Waals surface area contributed by atoms with Gasteiger partial charge in [0.25, 0.3) is 0 Å². The van der Waals surface area contributed by atoms with Crippen molar-refractivity contribution in [3.05, 3.63) is 33.9 Å². The number of fused-ring (bicyclic) bond motifs is 1. The standard InChI is InChI=1S/C24H29Cl2N7O2/c1-13-2-7-17(20(26)19(13)25)30-24-31-18-12-28-23(29-15-8-10-35-11-9-15)32-22(18)33(24)16-5-3-14(4-6-16)21(27)34/h2,7,12,14-16H,3-6,8-11H2,1H3,(H2,27,34)(H,30,31)(H,28,29,32)/t14-,16+. The summed E-state index contributed by atoms with van der Waals surface area (Å²) in [6, 6.07) is 4.18. The zero-order valence-electron chi connectivity index (χ0n) is 19.6. The van der Waals surface area contributed by atoms with E-state index in [1.165, 1.54) is 0 Å². The topological polar surface area (TPSA) is 120 Å². The van der Waals surface area contributed by atoms with Gasteiger partial charge in [0.1, 0.15) is 5.52 Å². The zero-order chi connectivity index (χ0) is 24.5. The average molecular weight is 518 g/mol. The monoisotopic (exact) mass is 517 g/mol. The summed E-state index contributed by atoms with van der Waals surface area (Å²) in [5.74, 6) is 0.855. The summed E-state index contributed by atoms with van der Waals surface area (Å²) < 4.78 is 7.57. The fourth-order valence-corrected chi connectivity index (χ4v) is 5.32. The smallest absolute Gasteiger partial charge is 0.224 e. The number of carbonyl (C=O) groups is 1. The summed E-state index contributed by atoms with van der Waals surface area (Å²) >= 11 is 12.9. The van der Waals surface area contributed by atoms with Crippen molar-refractivity contribution in [1.82, 2.24) is 19.5 Å². The van der Waals surface area contributed by atoms with Gasteiger partial charge in [0.15, 0.2) is 5.65 Å². The normalized spacial score (nSPS) is 21.2. The highest BCUT2D eigenvalue weighted by atomic mass is 35.5. The number of aromatic nitrogens is 4. The summed E-state index contributed by atoms with van der Waals surface area (Å²) in [6.45, 7) is 3.37. The first-order chi connectivity index (χ1) is 16.9. The average Bonchev–Trinajstić information content (AvgIpc) is 3.22. The molecule has 5 rings (SSSR count). The molecule has 0 atom stereocenters. The Morgan fingerprint density at radius 1 is 1.09 bits per heavy atom. The first kappa shape index (κ1) is 24.1. The minimum absolute atomic E-state index is 0.0943. The molecular formula is C24H29Cl2N7O2. The Kier molecular flexibility index (Phi) is 7.00. The summed E-state index contributed by atoms with van der Waals surface area (Å²) in [5.41, 5.74) is 8.54. The van der Waals surface area contributed by atoms with Crippen LogP contribution in [0, 0.1) is 12.8 Å². The van der Waals surface area contributed by atoms with E-state index in [-0.39, 0.29) is 23.9 Å². The number of aryl methyl sites for hydroxylation is 1. The number of carbonyl (C=O) groups excluding carboxylic acids is 1. The Morgan fingerprint density at radius 3 is 2.54 bits per heavy atom. The number of hydrogen-bond donors (Lipinski definition) is 3. The Hall–Kier alpha value is -2.62. The molecule has 9 nitrogen and oxygen atoms in total. The van der Waals surface area contributed by atoms with E-state index in [1.807, 2.05) is 19.1 Å². The van der Waals surface area contributed by atoms with Gasteiger partial charge in [-0.2, -0.15) is 4.98 Å². The molecule has 1 saturated carbocycles. The van der Waals surface area contributed by atoms with Crippen LogP contribution in [0.2, 0.25) is 10.0 Å². The molecule has 0 unspecified atom stereocenters. The Balaban J connectivity index is 1.51. The SMILES string of the molecule is Cc1ccc(Nc2nc3cnc(NC4CCOCC4)nc3n2[C@H]2CC[C@@H](C(N)=O)CC2)c(Cl)c1Cl. The molecule has 2 aliphatic rings. The van der Waals surface area contributed by atoms with Crippen LogP contribution in [-0.2, 0) is 9.53 Å². The molecule has 0 radical (unpaired) electrons. The molecule has 1 aliphatic heterocycles. The van der Waals surface area contributed by atoms with E-state index in [1.54, 1.807) is 6.20 Å². The number of halogens is 2. The van der Waals surface area contributed by atoms with Gasteiger partial charge < -0.3 is 21.1 Å². The number of nitrogens with two attached hydrogens (primary N) is 1. The van der Waals surface area contributed by atoms with E-state index >= 15 is 0 Å². The summed E-state index contributed by atoms with van der Waals surface area (Å²) in [7, 11) is 0. The predicted molar refractivity (Wildman–Crippen MR) is 137 cm³/mol. The molecule has 3 heterocycles. The summed E-state index contributed by atoms with van der Waals surface area (Å²) in [4.78, 5) is 25.9. The maximum absolute atomic E-state index is 11.7. The van der Waals surface area contributed by atoms with Crippen molar-refractivity contribution in [2.75, 3.05) is 23.8 Å². The molecule has 0 bridgehead atoms. The van der Waals surface area contributed by atoms with Gasteiger partial charge in [-0.3, -0.25) is 9.36 Å². The van der Waals surface area contributed by atoms with Gasteiger partial charge in [-0.15, -0.1) is 0 Å². The molecular weight excluding hydrogens is 489 g/mol. The van der Waals surface area contributed by atoms with Crippen LogP contribution < -0.4 is 16.4 Å². The molecule has 11 heteroatoms. The second-order valence-electron chi connectivity index (χ2n) is 9.33. The van der Waals surface area contributed by atoms with E-state index in [4.69, 9.17) is 43.6 Å². The lowest BCUT2D eigenvalue weighted by molar-refractivity contribution is -0.122. The third-order valence-electron chi connectivity index (χ3n) is 6.97. The molecule has 1 saturated heterocycles. The number of anilines is 3. The number of rotatable bonds is 6. The number of nitrogens with zero attached hydrogens (tertiary/aromatic N) is 4. The van der Waals surface area contributed by atoms with E-state index in [0.717, 1.165) is 62.9 Å². The highest BCUT2D eigenvalue weighted by Gasteiger charge is 2.29. The first-order valence-corrected chi connectivity index (χ1v) is 12.8. The minimum Gasteiger partial charge on any atom is -0.381 e. The molecule has 186 valence electrons. The van der Waals surface area contributed by atoms with Crippen LogP contribution in [0.4, 0.5) is 17.6 Å². The molecule has 35 heavy (non-hydrogen) atoms. The van der Waals surface area contributed by atoms with E-state index < -0.39 is 0 Å². The fourth-order valence-electron chi connectivity index (χ4n) is 4.90. The highest BCUT2D eigenvalue weighted by Crippen LogP contribution is 2.39.